The van der Waals surface area contributed by atoms with Crippen LogP contribution in [0.25, 0.3) is 0 Å². The summed E-state index contributed by atoms with van der Waals surface area (Å²) >= 11 is 0. The summed E-state index contributed by atoms with van der Waals surface area (Å²) in [6.45, 7) is 0. The number of carboxylic acids is 1. The number of carbonyl (C=O) groups excluding carboxylic acids is 1. The summed E-state index contributed by atoms with van der Waals surface area (Å²) < 4.78 is 5.49. The van der Waals surface area contributed by atoms with Gasteiger partial charge in [-0.15, -0.1) is 0 Å². The third-order valence-corrected chi connectivity index (χ3v) is 4.19. The Hall–Kier alpha value is -1.36. The lowest BCUT2D eigenvalue weighted by molar-refractivity contribution is -0.146. The zero-order chi connectivity index (χ0) is 12.7. The lowest BCUT2D eigenvalue weighted by Gasteiger charge is -2.23. The molecule has 5 nitrogen and oxygen atoms in total. The number of hydrogen-bond acceptors (Lipinski definition) is 3. The lowest BCUT2D eigenvalue weighted by Crippen LogP contribution is -2.45. The van der Waals surface area contributed by atoms with Crippen LogP contribution in [0.3, 0.4) is 0 Å². The van der Waals surface area contributed by atoms with Crippen molar-refractivity contribution in [2.45, 2.75) is 43.9 Å². The monoisotopic (exact) mass is 251 g/mol. The fourth-order valence-corrected chi connectivity index (χ4v) is 3.28. The van der Waals surface area contributed by atoms with Crippen LogP contribution in [0.5, 0.6) is 0 Å². The number of amides is 1. The number of aliphatic carboxylic acids is 1. The van der Waals surface area contributed by atoms with Gasteiger partial charge in [-0.25, -0.2) is 0 Å². The summed E-state index contributed by atoms with van der Waals surface area (Å²) in [5, 5.41) is 12.2. The van der Waals surface area contributed by atoms with Crippen molar-refractivity contribution in [3.8, 4) is 0 Å². The van der Waals surface area contributed by atoms with E-state index in [-0.39, 0.29) is 18.1 Å². The van der Waals surface area contributed by atoms with Crippen molar-refractivity contribution in [2.75, 3.05) is 0 Å². The molecule has 3 rings (SSSR count). The predicted molar refractivity (Wildman–Crippen MR) is 62.8 cm³/mol. The van der Waals surface area contributed by atoms with E-state index < -0.39 is 23.9 Å². The average Bonchev–Trinajstić information content (AvgIpc) is 3.03. The Morgan fingerprint density at radius 1 is 1.11 bits per heavy atom. The highest BCUT2D eigenvalue weighted by atomic mass is 16.5. The minimum atomic E-state index is -0.946. The van der Waals surface area contributed by atoms with E-state index in [1.54, 1.807) is 6.08 Å². The number of carboxylic acid groups (broad SMARTS) is 1. The molecular formula is C13H17NO4. The van der Waals surface area contributed by atoms with Gasteiger partial charge in [0.2, 0.25) is 5.91 Å². The first kappa shape index (κ1) is 11.7. The average molecular weight is 251 g/mol. The maximum atomic E-state index is 12.2. The summed E-state index contributed by atoms with van der Waals surface area (Å²) in [6.07, 6.45) is 7.04. The number of hydrogen-bond donors (Lipinski definition) is 2. The second kappa shape index (κ2) is 4.39. The van der Waals surface area contributed by atoms with E-state index in [9.17, 15) is 14.7 Å². The number of rotatable bonds is 3. The van der Waals surface area contributed by atoms with Gasteiger partial charge in [-0.1, -0.05) is 25.0 Å². The van der Waals surface area contributed by atoms with Crippen LogP contribution < -0.4 is 5.32 Å². The zero-order valence-corrected chi connectivity index (χ0v) is 10.0. The number of carbonyl (C=O) groups is 2. The van der Waals surface area contributed by atoms with Crippen LogP contribution in [0.1, 0.15) is 25.7 Å². The van der Waals surface area contributed by atoms with Gasteiger partial charge in [-0.05, 0) is 12.8 Å². The molecule has 0 unspecified atom stereocenters. The molecule has 2 heterocycles. The number of fused-ring (bicyclic) bond motifs is 2. The smallest absolute Gasteiger partial charge is 0.310 e. The van der Waals surface area contributed by atoms with Crippen LogP contribution >= 0.6 is 0 Å². The van der Waals surface area contributed by atoms with Crippen molar-refractivity contribution in [1.82, 2.24) is 5.32 Å². The number of ether oxygens (including phenoxy) is 1. The molecule has 1 saturated heterocycles. The summed E-state index contributed by atoms with van der Waals surface area (Å²) in [4.78, 5) is 23.5. The first-order valence-corrected chi connectivity index (χ1v) is 6.54. The van der Waals surface area contributed by atoms with E-state index in [1.165, 1.54) is 0 Å². The lowest BCUT2D eigenvalue weighted by atomic mass is 9.82. The van der Waals surface area contributed by atoms with Crippen molar-refractivity contribution in [2.24, 2.45) is 11.8 Å². The van der Waals surface area contributed by atoms with Gasteiger partial charge in [0.1, 0.15) is 5.92 Å². The van der Waals surface area contributed by atoms with Gasteiger partial charge in [-0.3, -0.25) is 9.59 Å². The van der Waals surface area contributed by atoms with Gasteiger partial charge in [0, 0.05) is 6.04 Å². The minimum absolute atomic E-state index is 0.161. The standard InChI is InChI=1S/C13H17NO4/c15-12(14-7-3-1-2-4-7)10-8-5-6-9(18-8)11(10)13(16)17/h5-11H,1-4H2,(H,14,15)(H,16,17)/t8-,9-,10-,11+/m1/s1. The maximum absolute atomic E-state index is 12.2. The summed E-state index contributed by atoms with van der Waals surface area (Å²) in [5.41, 5.74) is 0. The topological polar surface area (TPSA) is 75.6 Å². The normalized spacial score (nSPS) is 38.2. The maximum Gasteiger partial charge on any atom is 0.310 e. The van der Waals surface area contributed by atoms with Gasteiger partial charge in [0.05, 0.1) is 18.1 Å². The molecule has 0 aromatic carbocycles. The largest absolute Gasteiger partial charge is 0.481 e. The van der Waals surface area contributed by atoms with Gasteiger partial charge >= 0.3 is 5.97 Å². The first-order chi connectivity index (χ1) is 8.66. The number of nitrogens with one attached hydrogen (secondary N) is 1. The molecule has 2 fully saturated rings. The van der Waals surface area contributed by atoms with E-state index in [0.717, 1.165) is 25.7 Å². The Labute approximate surface area is 105 Å². The van der Waals surface area contributed by atoms with Crippen LogP contribution in [0.4, 0.5) is 0 Å². The Bertz CT molecular complexity index is 400. The molecule has 2 aliphatic heterocycles. The summed E-state index contributed by atoms with van der Waals surface area (Å²) in [6, 6.07) is 0.218. The van der Waals surface area contributed by atoms with E-state index in [4.69, 9.17) is 4.74 Å². The second-order valence-corrected chi connectivity index (χ2v) is 5.33. The molecule has 2 N–H and O–H groups in total. The molecule has 1 aliphatic carbocycles. The molecule has 1 saturated carbocycles. The molecular weight excluding hydrogens is 234 g/mol. The van der Waals surface area contributed by atoms with Gasteiger partial charge < -0.3 is 15.2 Å². The van der Waals surface area contributed by atoms with Crippen LogP contribution in [-0.4, -0.2) is 35.2 Å². The Kier molecular flexibility index (Phi) is 2.86. The van der Waals surface area contributed by atoms with E-state index in [1.807, 2.05) is 6.08 Å². The van der Waals surface area contributed by atoms with Gasteiger partial charge in [0.15, 0.2) is 0 Å². The molecule has 0 radical (unpaired) electrons. The highest BCUT2D eigenvalue weighted by Crippen LogP contribution is 2.39. The predicted octanol–water partition coefficient (Wildman–Crippen LogP) is 0.699. The van der Waals surface area contributed by atoms with Gasteiger partial charge in [-0.2, -0.15) is 0 Å². The molecule has 98 valence electrons. The zero-order valence-electron chi connectivity index (χ0n) is 10.0. The molecule has 2 bridgehead atoms. The molecule has 0 aromatic rings. The van der Waals surface area contributed by atoms with Crippen molar-refractivity contribution in [3.63, 3.8) is 0 Å². The van der Waals surface area contributed by atoms with Crippen molar-refractivity contribution in [1.29, 1.82) is 0 Å². The van der Waals surface area contributed by atoms with E-state index in [2.05, 4.69) is 5.32 Å². The fraction of sp³-hybridized carbons (Fsp3) is 0.692. The Balaban J connectivity index is 1.71. The molecule has 3 aliphatic rings. The molecule has 0 spiro atoms. The van der Waals surface area contributed by atoms with Crippen LogP contribution in [0, 0.1) is 11.8 Å². The SMILES string of the molecule is O=C(O)[C@@H]1[C@H](C(=O)NC2CCCC2)[C@H]2C=C[C@H]1O2. The van der Waals surface area contributed by atoms with Crippen molar-refractivity contribution < 1.29 is 19.4 Å². The molecule has 0 aromatic heterocycles. The fourth-order valence-electron chi connectivity index (χ4n) is 3.28. The molecule has 4 atom stereocenters. The Morgan fingerprint density at radius 3 is 2.33 bits per heavy atom. The van der Waals surface area contributed by atoms with Crippen molar-refractivity contribution in [3.05, 3.63) is 12.2 Å². The summed E-state index contributed by atoms with van der Waals surface area (Å²) in [7, 11) is 0. The van der Waals surface area contributed by atoms with Gasteiger partial charge in [0.25, 0.3) is 0 Å². The molecule has 5 heteroatoms. The van der Waals surface area contributed by atoms with Crippen LogP contribution in [0.2, 0.25) is 0 Å². The minimum Gasteiger partial charge on any atom is -0.481 e. The third-order valence-electron chi connectivity index (χ3n) is 4.19. The molecule has 1 amide bonds. The van der Waals surface area contributed by atoms with Crippen LogP contribution in [-0.2, 0) is 14.3 Å². The highest BCUT2D eigenvalue weighted by Gasteiger charge is 2.53. The van der Waals surface area contributed by atoms with Crippen molar-refractivity contribution >= 4 is 11.9 Å². The Morgan fingerprint density at radius 2 is 1.72 bits per heavy atom. The quantitative estimate of drug-likeness (QED) is 0.724. The molecule has 18 heavy (non-hydrogen) atoms. The highest BCUT2D eigenvalue weighted by molar-refractivity contribution is 5.87. The van der Waals surface area contributed by atoms with E-state index in [0.29, 0.717) is 0 Å². The second-order valence-electron chi connectivity index (χ2n) is 5.33. The van der Waals surface area contributed by atoms with Crippen LogP contribution in [0.15, 0.2) is 12.2 Å². The first-order valence-electron chi connectivity index (χ1n) is 6.54. The van der Waals surface area contributed by atoms with E-state index >= 15 is 0 Å². The third kappa shape index (κ3) is 1.82. The summed E-state index contributed by atoms with van der Waals surface area (Å²) in [5.74, 6) is -2.41.